The van der Waals surface area contributed by atoms with Gasteiger partial charge in [-0.25, -0.2) is 9.00 Å². The first-order valence-electron chi connectivity index (χ1n) is 10.5. The van der Waals surface area contributed by atoms with Gasteiger partial charge in [0.05, 0.1) is 10.6 Å². The molecule has 2 aliphatic rings. The van der Waals surface area contributed by atoms with E-state index in [4.69, 9.17) is 0 Å². The molecule has 0 fully saturated rings. The highest BCUT2D eigenvalue weighted by Crippen LogP contribution is 2.38. The lowest BCUT2D eigenvalue weighted by Crippen LogP contribution is -2.21. The van der Waals surface area contributed by atoms with Crippen molar-refractivity contribution in [2.45, 2.75) is 69.9 Å². The van der Waals surface area contributed by atoms with Gasteiger partial charge in [-0.15, -0.1) is 4.36 Å². The smallest absolute Gasteiger partial charge is 0.310 e. The Morgan fingerprint density at radius 2 is 1.66 bits per heavy atom. The van der Waals surface area contributed by atoms with Crippen molar-refractivity contribution in [2.75, 3.05) is 5.32 Å². The predicted octanol–water partition coefficient (Wildman–Crippen LogP) is 4.42. The number of nitrogens with one attached hydrogen (secondary N) is 2. The molecule has 0 spiro atoms. The molecule has 2 aromatic rings. The topological polar surface area (TPSA) is 70.6 Å². The van der Waals surface area contributed by atoms with Crippen LogP contribution in [0.25, 0.3) is 0 Å². The maximum absolute atomic E-state index is 12.6. The van der Waals surface area contributed by atoms with Gasteiger partial charge in [-0.3, -0.25) is 0 Å². The lowest BCUT2D eigenvalue weighted by atomic mass is 9.99. The fourth-order valence-electron chi connectivity index (χ4n) is 4.30. The Balaban J connectivity index is 1.50. The van der Waals surface area contributed by atoms with Crippen LogP contribution in [0.4, 0.5) is 10.5 Å². The van der Waals surface area contributed by atoms with Crippen LogP contribution < -0.4 is 10.6 Å². The average molecular weight is 412 g/mol. The molecule has 154 valence electrons. The van der Waals surface area contributed by atoms with Crippen LogP contribution in [0, 0.1) is 0 Å². The molecule has 2 N–H and O–H groups in total. The van der Waals surface area contributed by atoms with Gasteiger partial charge in [-0.1, -0.05) is 32.0 Å². The third-order valence-electron chi connectivity index (χ3n) is 5.76. The van der Waals surface area contributed by atoms with Crippen LogP contribution in [0.15, 0.2) is 39.6 Å². The Morgan fingerprint density at radius 1 is 1.03 bits per heavy atom. The number of anilines is 1. The number of carbonyl (C=O) groups is 1. The maximum atomic E-state index is 12.6. The zero-order valence-corrected chi connectivity index (χ0v) is 18.0. The van der Waals surface area contributed by atoms with Crippen LogP contribution in [-0.2, 0) is 42.8 Å². The molecule has 0 aliphatic heterocycles. The summed E-state index contributed by atoms with van der Waals surface area (Å²) in [5.41, 5.74) is 7.29. The van der Waals surface area contributed by atoms with E-state index in [1.54, 1.807) is 12.1 Å². The molecule has 5 nitrogen and oxygen atoms in total. The molecule has 0 saturated heterocycles. The Kier molecular flexibility index (Phi) is 6.01. The molecule has 1 atom stereocenters. The second-order valence-corrected chi connectivity index (χ2v) is 9.50. The molecule has 0 heterocycles. The van der Waals surface area contributed by atoms with E-state index < -0.39 is 16.6 Å². The molecule has 1 unspecified atom stereocenters. The first-order valence-corrected chi connectivity index (χ1v) is 11.7. The maximum Gasteiger partial charge on any atom is 0.353 e. The van der Waals surface area contributed by atoms with Gasteiger partial charge in [0.1, 0.15) is 0 Å². The number of hydrogen-bond acceptors (Lipinski definition) is 3. The summed E-state index contributed by atoms with van der Waals surface area (Å²) in [6, 6.07) is 9.69. The van der Waals surface area contributed by atoms with Gasteiger partial charge >= 0.3 is 6.03 Å². The van der Waals surface area contributed by atoms with Crippen LogP contribution >= 0.6 is 0 Å². The molecule has 2 amide bonds. The molecule has 0 bridgehead atoms. The number of benzene rings is 2. The summed E-state index contributed by atoms with van der Waals surface area (Å²) in [5.74, 6) is 0. The van der Waals surface area contributed by atoms with Gasteiger partial charge in [-0.2, -0.15) is 0 Å². The van der Waals surface area contributed by atoms with Gasteiger partial charge in [-0.05, 0) is 78.5 Å². The number of amides is 2. The zero-order valence-electron chi connectivity index (χ0n) is 17.1. The molecule has 4 rings (SSSR count). The fraction of sp³-hybridized carbons (Fsp3) is 0.435. The van der Waals surface area contributed by atoms with Crippen molar-refractivity contribution < 1.29 is 9.00 Å². The van der Waals surface area contributed by atoms with E-state index in [1.165, 1.54) is 22.3 Å². The Morgan fingerprint density at radius 3 is 2.24 bits per heavy atom. The number of aryl methyl sites for hydroxylation is 2. The van der Waals surface area contributed by atoms with Gasteiger partial charge < -0.3 is 10.6 Å². The van der Waals surface area contributed by atoms with Gasteiger partial charge in [0.2, 0.25) is 0 Å². The highest BCUT2D eigenvalue weighted by atomic mass is 32.2. The summed E-state index contributed by atoms with van der Waals surface area (Å²) in [4.78, 5) is 13.1. The van der Waals surface area contributed by atoms with E-state index in [0.717, 1.165) is 56.3 Å². The minimum atomic E-state index is -2.11. The van der Waals surface area contributed by atoms with Crippen LogP contribution in [0.5, 0.6) is 0 Å². The third-order valence-corrected chi connectivity index (χ3v) is 6.86. The van der Waals surface area contributed by atoms with Crippen molar-refractivity contribution in [1.82, 2.24) is 5.32 Å². The van der Waals surface area contributed by atoms with Crippen molar-refractivity contribution in [3.63, 3.8) is 0 Å². The van der Waals surface area contributed by atoms with Crippen molar-refractivity contribution in [3.05, 3.63) is 58.1 Å². The summed E-state index contributed by atoms with van der Waals surface area (Å²) in [6.07, 6.45) is 6.41. The largest absolute Gasteiger partial charge is 0.353 e. The Hall–Kier alpha value is -2.18. The van der Waals surface area contributed by atoms with Crippen LogP contribution in [0.3, 0.4) is 0 Å². The first kappa shape index (κ1) is 20.1. The number of carbonyl (C=O) groups excluding carboxylic acids is 1. The van der Waals surface area contributed by atoms with Crippen LogP contribution in [-0.4, -0.2) is 16.3 Å². The number of thiol groups is 1. The quantitative estimate of drug-likeness (QED) is 0.638. The molecular weight excluding hydrogens is 382 g/mol. The van der Waals surface area contributed by atoms with Crippen LogP contribution in [0.2, 0.25) is 0 Å². The third kappa shape index (κ3) is 4.54. The summed E-state index contributed by atoms with van der Waals surface area (Å²) < 4.78 is 16.5. The van der Waals surface area contributed by atoms with Gasteiger partial charge in [0.25, 0.3) is 0 Å². The molecule has 2 aromatic carbocycles. The van der Waals surface area contributed by atoms with Crippen LogP contribution in [0.1, 0.15) is 54.5 Å². The lowest BCUT2D eigenvalue weighted by Gasteiger charge is -2.14. The highest BCUT2D eigenvalue weighted by molar-refractivity contribution is 7.75. The molecule has 0 aromatic heterocycles. The summed E-state index contributed by atoms with van der Waals surface area (Å²) >= 11 is 0. The van der Waals surface area contributed by atoms with Crippen molar-refractivity contribution >= 4 is 22.3 Å². The second kappa shape index (κ2) is 8.67. The Bertz CT molecular complexity index is 974. The number of hydrogen-bond donors (Lipinski definition) is 3. The normalized spacial score (nSPS) is 16.1. The van der Waals surface area contributed by atoms with E-state index in [1.807, 2.05) is 12.1 Å². The fourth-order valence-corrected chi connectivity index (χ4v) is 5.04. The Labute approximate surface area is 174 Å². The molecule has 29 heavy (non-hydrogen) atoms. The minimum absolute atomic E-state index is 0.408. The number of rotatable bonds is 5. The van der Waals surface area contributed by atoms with E-state index in [9.17, 15) is 9.00 Å². The highest BCUT2D eigenvalue weighted by Gasteiger charge is 2.24. The standard InChI is InChI=1S/C23H29N3O2S/c1-15(2)24-14-16-9-11-19(12-10-16)29(28)26-23(27)25-22-20-7-3-5-17(20)13-18-6-4-8-21(18)22/h9-13,15,24,29H,3-8,14H2,1-2H3,(H,25,27). The molecule has 6 heteroatoms. The van der Waals surface area contributed by atoms with Gasteiger partial charge in [0.15, 0.2) is 0 Å². The minimum Gasteiger partial charge on any atom is -0.310 e. The lowest BCUT2D eigenvalue weighted by molar-refractivity contribution is 0.260. The first-order chi connectivity index (χ1) is 14.0. The van der Waals surface area contributed by atoms with Crippen molar-refractivity contribution in [3.8, 4) is 0 Å². The molecule has 0 saturated carbocycles. The average Bonchev–Trinajstić information content (AvgIpc) is 3.35. The second-order valence-electron chi connectivity index (χ2n) is 8.24. The van der Waals surface area contributed by atoms with E-state index in [2.05, 4.69) is 34.9 Å². The molecule has 2 aliphatic carbocycles. The number of fused-ring (bicyclic) bond motifs is 2. The SMILES string of the molecule is CC(C)NCc1ccc(/[SH](=O)=N\C(=O)Nc2c3c(cc4c2CCC4)CCC3)cc1. The van der Waals surface area contributed by atoms with Crippen molar-refractivity contribution in [1.29, 1.82) is 0 Å². The number of urea groups is 1. The number of nitrogens with zero attached hydrogens (tertiary/aromatic N) is 1. The molecular formula is C23H29N3O2S. The zero-order chi connectivity index (χ0) is 20.4. The van der Waals surface area contributed by atoms with E-state index in [0.29, 0.717) is 10.9 Å². The summed E-state index contributed by atoms with van der Waals surface area (Å²) in [6.45, 7) is 4.96. The monoisotopic (exact) mass is 411 g/mol. The summed E-state index contributed by atoms with van der Waals surface area (Å²) in [7, 11) is -2.11. The molecule has 0 radical (unpaired) electrons. The van der Waals surface area contributed by atoms with Crippen molar-refractivity contribution in [2.24, 2.45) is 4.36 Å². The summed E-state index contributed by atoms with van der Waals surface area (Å²) in [5, 5.41) is 6.34. The van der Waals surface area contributed by atoms with E-state index >= 15 is 0 Å². The predicted molar refractivity (Wildman–Crippen MR) is 118 cm³/mol. The van der Waals surface area contributed by atoms with Gasteiger partial charge in [0, 0.05) is 23.2 Å². The van der Waals surface area contributed by atoms with E-state index in [-0.39, 0.29) is 0 Å².